The molecule has 4 aromatic rings. The van der Waals surface area contributed by atoms with Gasteiger partial charge in [-0.1, -0.05) is 60.7 Å². The SMILES string of the molecule is C\N=C/N=C(\C(F)=C\NCc1ccc(-c2ccnc(C)c2)cc1)c1ccc2ccccc2c1. The zero-order chi connectivity index (χ0) is 23.0. The molecule has 0 saturated heterocycles. The van der Waals surface area contributed by atoms with Crippen LogP contribution in [0.4, 0.5) is 4.39 Å². The fourth-order valence-corrected chi connectivity index (χ4v) is 3.59. The van der Waals surface area contributed by atoms with Gasteiger partial charge in [0.1, 0.15) is 12.1 Å². The number of aromatic nitrogens is 1. The van der Waals surface area contributed by atoms with E-state index in [0.29, 0.717) is 12.1 Å². The number of aryl methyl sites for hydroxylation is 1. The van der Waals surface area contributed by atoms with E-state index in [1.807, 2.05) is 73.8 Å². The van der Waals surface area contributed by atoms with Crippen LogP contribution in [0.25, 0.3) is 21.9 Å². The Hall–Kier alpha value is -4.12. The first kappa shape index (κ1) is 22.1. The third-order valence-corrected chi connectivity index (χ3v) is 5.27. The molecule has 0 saturated carbocycles. The summed E-state index contributed by atoms with van der Waals surface area (Å²) in [4.78, 5) is 12.4. The summed E-state index contributed by atoms with van der Waals surface area (Å²) in [5.74, 6) is -0.450. The summed E-state index contributed by atoms with van der Waals surface area (Å²) < 4.78 is 15.1. The smallest absolute Gasteiger partial charge is 0.165 e. The normalized spacial score (nSPS) is 12.5. The Labute approximate surface area is 193 Å². The Morgan fingerprint density at radius 2 is 1.73 bits per heavy atom. The van der Waals surface area contributed by atoms with Crippen molar-refractivity contribution in [3.05, 3.63) is 114 Å². The molecular formula is C28H25FN4. The van der Waals surface area contributed by atoms with Crippen molar-refractivity contribution in [2.45, 2.75) is 13.5 Å². The summed E-state index contributed by atoms with van der Waals surface area (Å²) in [6.07, 6.45) is 4.53. The molecule has 1 heterocycles. The van der Waals surface area contributed by atoms with Crippen molar-refractivity contribution < 1.29 is 4.39 Å². The van der Waals surface area contributed by atoms with Gasteiger partial charge in [0.05, 0.1) is 0 Å². The highest BCUT2D eigenvalue weighted by Gasteiger charge is 2.10. The van der Waals surface area contributed by atoms with Crippen molar-refractivity contribution in [1.29, 1.82) is 0 Å². The van der Waals surface area contributed by atoms with Crippen molar-refractivity contribution >= 4 is 22.8 Å². The topological polar surface area (TPSA) is 49.6 Å². The number of nitrogens with zero attached hydrogens (tertiary/aromatic N) is 3. The summed E-state index contributed by atoms with van der Waals surface area (Å²) in [6, 6.07) is 26.0. The van der Waals surface area contributed by atoms with Gasteiger partial charge in [-0.15, -0.1) is 0 Å². The van der Waals surface area contributed by atoms with Crippen LogP contribution in [0.2, 0.25) is 0 Å². The molecule has 0 unspecified atom stereocenters. The number of benzene rings is 3. The highest BCUT2D eigenvalue weighted by atomic mass is 19.1. The Kier molecular flexibility index (Phi) is 7.00. The molecule has 0 aliphatic carbocycles. The summed E-state index contributed by atoms with van der Waals surface area (Å²) in [5.41, 5.74) is 5.21. The van der Waals surface area contributed by atoms with E-state index in [4.69, 9.17) is 0 Å². The molecule has 5 heteroatoms. The van der Waals surface area contributed by atoms with Crippen LogP contribution in [0.15, 0.2) is 107 Å². The van der Waals surface area contributed by atoms with Crippen LogP contribution in [0.1, 0.15) is 16.8 Å². The second-order valence-corrected chi connectivity index (χ2v) is 7.67. The summed E-state index contributed by atoms with van der Waals surface area (Å²) in [6.45, 7) is 2.47. The lowest BCUT2D eigenvalue weighted by atomic mass is 10.0. The summed E-state index contributed by atoms with van der Waals surface area (Å²) in [7, 11) is 1.61. The van der Waals surface area contributed by atoms with Crippen molar-refractivity contribution in [3.63, 3.8) is 0 Å². The first-order chi connectivity index (χ1) is 16.1. The van der Waals surface area contributed by atoms with Gasteiger partial charge < -0.3 is 5.32 Å². The van der Waals surface area contributed by atoms with Gasteiger partial charge in [-0.3, -0.25) is 9.98 Å². The molecule has 4 rings (SSSR count). The predicted octanol–water partition coefficient (Wildman–Crippen LogP) is 6.26. The van der Waals surface area contributed by atoms with E-state index in [-0.39, 0.29) is 5.71 Å². The molecule has 1 aromatic heterocycles. The lowest BCUT2D eigenvalue weighted by molar-refractivity contribution is 0.664. The lowest BCUT2D eigenvalue weighted by Gasteiger charge is -2.08. The molecule has 0 aliphatic rings. The number of fused-ring (bicyclic) bond motifs is 1. The minimum absolute atomic E-state index is 0.238. The van der Waals surface area contributed by atoms with Crippen LogP contribution in [0.5, 0.6) is 0 Å². The first-order valence-corrected chi connectivity index (χ1v) is 10.7. The van der Waals surface area contributed by atoms with Crippen LogP contribution >= 0.6 is 0 Å². The molecule has 3 aromatic carbocycles. The quantitative estimate of drug-likeness (QED) is 0.275. The van der Waals surface area contributed by atoms with Crippen molar-refractivity contribution in [1.82, 2.24) is 10.3 Å². The van der Waals surface area contributed by atoms with E-state index in [9.17, 15) is 0 Å². The minimum Gasteiger partial charge on any atom is -0.384 e. The standard InChI is InChI=1S/C28H25FN4/c1-20-15-25(13-14-32-20)23-9-7-21(8-10-23)17-31-18-27(29)28(33-19-30-2)26-12-11-22-5-3-4-6-24(22)16-26/h3-16,18-19,31H,17H2,1-2H3/b27-18-,30-19-,33-28-. The number of pyridine rings is 1. The average molecular weight is 437 g/mol. The van der Waals surface area contributed by atoms with Crippen LogP contribution in [-0.4, -0.2) is 24.1 Å². The van der Waals surface area contributed by atoms with Gasteiger partial charge in [0.15, 0.2) is 5.83 Å². The highest BCUT2D eigenvalue weighted by Crippen LogP contribution is 2.21. The maximum absolute atomic E-state index is 15.1. The molecule has 0 amide bonds. The predicted molar refractivity (Wildman–Crippen MR) is 135 cm³/mol. The lowest BCUT2D eigenvalue weighted by Crippen LogP contribution is -2.10. The second-order valence-electron chi connectivity index (χ2n) is 7.67. The average Bonchev–Trinajstić information content (AvgIpc) is 2.84. The molecule has 0 bridgehead atoms. The molecule has 0 atom stereocenters. The molecular weight excluding hydrogens is 411 g/mol. The number of hydrogen-bond acceptors (Lipinski definition) is 3. The Balaban J connectivity index is 1.48. The summed E-state index contributed by atoms with van der Waals surface area (Å²) >= 11 is 0. The first-order valence-electron chi connectivity index (χ1n) is 10.7. The Morgan fingerprint density at radius 1 is 0.939 bits per heavy atom. The minimum atomic E-state index is -0.450. The second kappa shape index (κ2) is 10.5. The van der Waals surface area contributed by atoms with Crippen molar-refractivity contribution in [2.24, 2.45) is 9.98 Å². The van der Waals surface area contributed by atoms with Gasteiger partial charge in [-0.2, -0.15) is 0 Å². The van der Waals surface area contributed by atoms with Crippen molar-refractivity contribution in [3.8, 4) is 11.1 Å². The van der Waals surface area contributed by atoms with Crippen LogP contribution in [0, 0.1) is 6.92 Å². The van der Waals surface area contributed by atoms with Gasteiger partial charge in [-0.25, -0.2) is 9.38 Å². The van der Waals surface area contributed by atoms with Crippen LogP contribution < -0.4 is 5.32 Å². The molecule has 0 aliphatic heterocycles. The third kappa shape index (κ3) is 5.57. The molecule has 0 fully saturated rings. The van der Waals surface area contributed by atoms with E-state index in [2.05, 4.69) is 38.5 Å². The summed E-state index contributed by atoms with van der Waals surface area (Å²) in [5, 5.41) is 5.19. The zero-order valence-electron chi connectivity index (χ0n) is 18.7. The van der Waals surface area contributed by atoms with E-state index in [1.54, 1.807) is 7.05 Å². The number of aliphatic imine (C=N–C) groups is 2. The molecule has 0 radical (unpaired) electrons. The zero-order valence-corrected chi connectivity index (χ0v) is 18.7. The fraction of sp³-hybridized carbons (Fsp3) is 0.107. The van der Waals surface area contributed by atoms with Crippen LogP contribution in [0.3, 0.4) is 0 Å². The van der Waals surface area contributed by atoms with Gasteiger partial charge >= 0.3 is 0 Å². The Bertz CT molecular complexity index is 1340. The number of nitrogens with one attached hydrogen (secondary N) is 1. The Morgan fingerprint density at radius 3 is 2.48 bits per heavy atom. The van der Waals surface area contributed by atoms with Gasteiger partial charge in [0, 0.05) is 37.2 Å². The number of halogens is 1. The third-order valence-electron chi connectivity index (χ3n) is 5.27. The number of rotatable bonds is 7. The molecule has 1 N–H and O–H groups in total. The molecule has 164 valence electrons. The highest BCUT2D eigenvalue weighted by molar-refractivity contribution is 6.15. The van der Waals surface area contributed by atoms with Gasteiger partial charge in [-0.05, 0) is 52.6 Å². The van der Waals surface area contributed by atoms with E-state index >= 15 is 4.39 Å². The largest absolute Gasteiger partial charge is 0.384 e. The monoisotopic (exact) mass is 436 g/mol. The number of allylic oxidation sites excluding steroid dienone is 1. The van der Waals surface area contributed by atoms with E-state index in [0.717, 1.165) is 33.2 Å². The van der Waals surface area contributed by atoms with Crippen LogP contribution in [-0.2, 0) is 6.54 Å². The van der Waals surface area contributed by atoms with E-state index < -0.39 is 5.83 Å². The molecule has 4 nitrogen and oxygen atoms in total. The van der Waals surface area contributed by atoms with Crippen molar-refractivity contribution in [2.75, 3.05) is 7.05 Å². The number of hydrogen-bond donors (Lipinski definition) is 1. The van der Waals surface area contributed by atoms with E-state index in [1.165, 1.54) is 12.5 Å². The van der Waals surface area contributed by atoms with Gasteiger partial charge in [0.2, 0.25) is 0 Å². The maximum Gasteiger partial charge on any atom is 0.165 e. The fourth-order valence-electron chi connectivity index (χ4n) is 3.59. The molecule has 33 heavy (non-hydrogen) atoms. The maximum atomic E-state index is 15.1. The van der Waals surface area contributed by atoms with Gasteiger partial charge in [0.25, 0.3) is 0 Å². The molecule has 0 spiro atoms.